The van der Waals surface area contributed by atoms with Crippen molar-refractivity contribution in [1.29, 1.82) is 0 Å². The van der Waals surface area contributed by atoms with Crippen molar-refractivity contribution in [3.05, 3.63) is 0 Å². The smallest absolute Gasteiger partial charge is 0.256 e. The van der Waals surface area contributed by atoms with Gasteiger partial charge in [0.05, 0.1) is 0 Å². The Bertz CT molecular complexity index is 85.2. The first-order valence-electron chi connectivity index (χ1n) is 2.39. The molecule has 0 heterocycles. The second kappa shape index (κ2) is 3.54. The van der Waals surface area contributed by atoms with Crippen molar-refractivity contribution in [2.45, 2.75) is 6.92 Å². The highest BCUT2D eigenvalue weighted by Crippen LogP contribution is 2.56. The Morgan fingerprint density at radius 3 is 2.25 bits per heavy atom. The van der Waals surface area contributed by atoms with E-state index in [9.17, 15) is 4.57 Å². The summed E-state index contributed by atoms with van der Waals surface area (Å²) in [7, 11) is 1.49. The topological polar surface area (TPSA) is 26.3 Å². The fourth-order valence-electron chi connectivity index (χ4n) is 0.333. The first kappa shape index (κ1) is 8.54. The molecule has 0 rings (SSSR count). The zero-order valence-electron chi connectivity index (χ0n) is 5.38. The van der Waals surface area contributed by atoms with Gasteiger partial charge >= 0.3 is 0 Å². The zero-order valence-corrected chi connectivity index (χ0v) is 7.09. The van der Waals surface area contributed by atoms with Gasteiger partial charge in [-0.2, -0.15) is 0 Å². The van der Waals surface area contributed by atoms with Crippen LogP contribution in [0.25, 0.3) is 0 Å². The van der Waals surface area contributed by atoms with Crippen molar-refractivity contribution < 1.29 is 9.09 Å². The molecule has 0 saturated carbocycles. The Kier molecular flexibility index (Phi) is 3.78. The largest absolute Gasteiger partial charge is 0.324 e. The van der Waals surface area contributed by atoms with Crippen molar-refractivity contribution in [2.75, 3.05) is 19.5 Å². The average molecular weight is 154 g/mol. The molecule has 50 valence electrons. The summed E-state index contributed by atoms with van der Waals surface area (Å²) in [5.41, 5.74) is 0. The monoisotopic (exact) mass is 154 g/mol. The number of rotatable bonds is 3. The van der Waals surface area contributed by atoms with Gasteiger partial charge in [-0.3, -0.25) is 4.57 Å². The van der Waals surface area contributed by atoms with E-state index >= 15 is 0 Å². The van der Waals surface area contributed by atoms with Crippen molar-refractivity contribution in [1.82, 2.24) is 0 Å². The van der Waals surface area contributed by atoms with Crippen LogP contribution < -0.4 is 0 Å². The lowest BCUT2D eigenvalue weighted by Crippen LogP contribution is -1.80. The van der Waals surface area contributed by atoms with Crippen LogP contribution in [0.2, 0.25) is 0 Å². The molecule has 2 nitrogen and oxygen atoms in total. The molecule has 0 bridgehead atoms. The maximum atomic E-state index is 11.1. The highest BCUT2D eigenvalue weighted by atomic mass is 32.7. The fraction of sp³-hybridized carbons (Fsp3) is 1.00. The molecule has 0 N–H and O–H groups in total. The summed E-state index contributed by atoms with van der Waals surface area (Å²) in [6, 6.07) is 0. The molecule has 8 heavy (non-hydrogen) atoms. The second-order valence-corrected chi connectivity index (χ2v) is 6.64. The first-order chi connectivity index (χ1) is 3.68. The predicted octanol–water partition coefficient (Wildman–Crippen LogP) is 2.21. The molecule has 0 unspecified atom stereocenters. The zero-order chi connectivity index (χ0) is 6.62. The van der Waals surface area contributed by atoms with E-state index in [-0.39, 0.29) is 0 Å². The van der Waals surface area contributed by atoms with Crippen molar-refractivity contribution in [2.24, 2.45) is 0 Å². The quantitative estimate of drug-likeness (QED) is 0.583. The maximum absolute atomic E-state index is 11.1. The van der Waals surface area contributed by atoms with Crippen LogP contribution in [-0.2, 0) is 9.09 Å². The highest BCUT2D eigenvalue weighted by Gasteiger charge is 2.14. The van der Waals surface area contributed by atoms with Crippen LogP contribution in [-0.4, -0.2) is 19.5 Å². The Hall–Kier alpha value is 0.540. The van der Waals surface area contributed by atoms with Crippen LogP contribution in [0, 0.1) is 0 Å². The van der Waals surface area contributed by atoms with E-state index in [1.165, 1.54) is 18.5 Å². The van der Waals surface area contributed by atoms with E-state index in [1.807, 2.05) is 6.92 Å². The third-order valence-electron chi connectivity index (χ3n) is 0.944. The Labute approximate surface area is 54.2 Å². The van der Waals surface area contributed by atoms with Crippen molar-refractivity contribution in [3.8, 4) is 0 Å². The number of hydrogen-bond donors (Lipinski definition) is 0. The third kappa shape index (κ3) is 2.21. The summed E-state index contributed by atoms with van der Waals surface area (Å²) in [6.07, 6.45) is 2.42. The van der Waals surface area contributed by atoms with Gasteiger partial charge in [-0.15, -0.1) is 0 Å². The van der Waals surface area contributed by atoms with Gasteiger partial charge in [0, 0.05) is 13.3 Å². The van der Waals surface area contributed by atoms with Gasteiger partial charge in [0.2, 0.25) is 0 Å². The van der Waals surface area contributed by atoms with Crippen LogP contribution >= 0.6 is 18.0 Å². The average Bonchev–Trinajstić information content (AvgIpc) is 1.87. The summed E-state index contributed by atoms with van der Waals surface area (Å²) < 4.78 is 15.8. The van der Waals surface area contributed by atoms with Gasteiger partial charge in [0.1, 0.15) is 0 Å². The van der Waals surface area contributed by atoms with Crippen molar-refractivity contribution >= 4 is 18.0 Å². The van der Waals surface area contributed by atoms with Gasteiger partial charge in [0.15, 0.2) is 0 Å². The minimum absolute atomic E-state index is 0.616. The van der Waals surface area contributed by atoms with Crippen LogP contribution in [0.5, 0.6) is 0 Å². The Balaban J connectivity index is 3.79. The maximum Gasteiger partial charge on any atom is 0.256 e. The second-order valence-electron chi connectivity index (χ2n) is 1.29. The van der Waals surface area contributed by atoms with E-state index in [0.29, 0.717) is 6.16 Å². The lowest BCUT2D eigenvalue weighted by molar-refractivity contribution is 0.410. The van der Waals surface area contributed by atoms with E-state index in [4.69, 9.17) is 4.52 Å². The molecule has 0 amide bonds. The molecule has 0 aromatic heterocycles. The third-order valence-corrected chi connectivity index (χ3v) is 5.72. The van der Waals surface area contributed by atoms with E-state index in [0.717, 1.165) is 0 Å². The van der Waals surface area contributed by atoms with Crippen molar-refractivity contribution in [3.63, 3.8) is 0 Å². The first-order valence-corrected chi connectivity index (χ1v) is 6.03. The molecular weight excluding hydrogens is 143 g/mol. The summed E-state index contributed by atoms with van der Waals surface area (Å²) in [5.74, 6) is 0. The fourth-order valence-corrected chi connectivity index (χ4v) is 2.22. The number of hydrogen-bond acceptors (Lipinski definition) is 3. The van der Waals surface area contributed by atoms with Gasteiger partial charge < -0.3 is 4.52 Å². The minimum atomic E-state index is -2.25. The predicted molar refractivity (Wildman–Crippen MR) is 38.7 cm³/mol. The normalized spacial score (nSPS) is 17.9. The van der Waals surface area contributed by atoms with Crippen LogP contribution in [0.15, 0.2) is 0 Å². The molecule has 0 aliphatic carbocycles. The molecule has 0 aromatic rings. The van der Waals surface area contributed by atoms with Crippen LogP contribution in [0.3, 0.4) is 0 Å². The molecule has 0 fully saturated rings. The lowest BCUT2D eigenvalue weighted by Gasteiger charge is -2.08. The van der Waals surface area contributed by atoms with E-state index in [2.05, 4.69) is 0 Å². The van der Waals surface area contributed by atoms with Gasteiger partial charge in [0.25, 0.3) is 6.57 Å². The molecule has 0 spiro atoms. The van der Waals surface area contributed by atoms with Gasteiger partial charge in [-0.25, -0.2) is 0 Å². The minimum Gasteiger partial charge on any atom is -0.324 e. The Morgan fingerprint density at radius 2 is 2.25 bits per heavy atom. The molecule has 1 atom stereocenters. The summed E-state index contributed by atoms with van der Waals surface area (Å²) in [4.78, 5) is 0. The van der Waals surface area contributed by atoms with Crippen LogP contribution in [0.4, 0.5) is 0 Å². The lowest BCUT2D eigenvalue weighted by atomic mass is 11.0. The molecular formula is C4H11O2PS. The standard InChI is InChI=1S/C4H11O2PS/c1-4-7(5,6-2)8-3/h4H2,1-3H3/t7-/m1/s1. The highest BCUT2D eigenvalue weighted by molar-refractivity contribution is 8.56. The molecule has 0 aliphatic heterocycles. The van der Waals surface area contributed by atoms with Gasteiger partial charge in [-0.05, 0) is 6.26 Å². The molecule has 4 heteroatoms. The SMILES string of the molecule is CC[P@@](=O)(OC)SC. The molecule has 0 radical (unpaired) electrons. The summed E-state index contributed by atoms with van der Waals surface area (Å²) >= 11 is 1.31. The Morgan fingerprint density at radius 1 is 1.75 bits per heavy atom. The van der Waals surface area contributed by atoms with E-state index in [1.54, 1.807) is 6.26 Å². The summed E-state index contributed by atoms with van der Waals surface area (Å²) in [6.45, 7) is -0.383. The van der Waals surface area contributed by atoms with Crippen LogP contribution in [0.1, 0.15) is 6.92 Å². The van der Waals surface area contributed by atoms with E-state index < -0.39 is 6.57 Å². The molecule has 0 saturated heterocycles. The summed E-state index contributed by atoms with van der Waals surface area (Å²) in [5, 5.41) is 0. The molecule has 0 aliphatic rings. The van der Waals surface area contributed by atoms with Gasteiger partial charge in [-0.1, -0.05) is 18.3 Å². The molecule has 0 aromatic carbocycles.